The Kier molecular flexibility index (Phi) is 6.70. The van der Waals surface area contributed by atoms with Gasteiger partial charge in [0, 0.05) is 38.1 Å². The Bertz CT molecular complexity index is 700. The third-order valence-corrected chi connectivity index (χ3v) is 4.12. The van der Waals surface area contributed by atoms with E-state index in [0.717, 1.165) is 16.5 Å². The lowest BCUT2D eigenvalue weighted by Gasteiger charge is -2.22. The molecule has 0 bridgehead atoms. The van der Waals surface area contributed by atoms with Gasteiger partial charge in [0.25, 0.3) is 0 Å². The van der Waals surface area contributed by atoms with Crippen LogP contribution in [0.1, 0.15) is 0 Å². The fourth-order valence-corrected chi connectivity index (χ4v) is 2.86. The topological polar surface area (TPSA) is 31.2 Å². The van der Waals surface area contributed by atoms with Crippen molar-refractivity contribution in [3.05, 3.63) is 59.6 Å². The largest absolute Gasteiger partial charge is 0.349 e. The van der Waals surface area contributed by atoms with E-state index < -0.39 is 0 Å². The molecule has 0 spiro atoms. The summed E-state index contributed by atoms with van der Waals surface area (Å²) >= 11 is 7.47. The minimum absolute atomic E-state index is 0.668. The van der Waals surface area contributed by atoms with Crippen LogP contribution >= 0.6 is 23.4 Å². The number of thioether (sulfide) groups is 1. The van der Waals surface area contributed by atoms with Crippen LogP contribution in [0.2, 0.25) is 5.02 Å². The van der Waals surface area contributed by atoms with E-state index in [1.54, 1.807) is 0 Å². The molecule has 0 heterocycles. The second kappa shape index (κ2) is 8.76. The van der Waals surface area contributed by atoms with Gasteiger partial charge in [0.05, 0.1) is 5.69 Å². The number of hydrogen-bond acceptors (Lipinski definition) is 2. The standard InChI is InChI=1S/C18H21ClN4S/c1-22(2)18(23(3)4)21-17(20-15-8-6-5-7-9-15)24-16-12-10-14(19)11-13-16/h5-13H,1-4H3. The van der Waals surface area contributed by atoms with Crippen molar-refractivity contribution >= 4 is 40.2 Å². The second-order valence-corrected chi connectivity index (χ2v) is 6.96. The molecule has 0 saturated carbocycles. The average molecular weight is 361 g/mol. The highest BCUT2D eigenvalue weighted by molar-refractivity contribution is 8.14. The number of guanidine groups is 1. The third-order valence-electron chi connectivity index (χ3n) is 3.00. The smallest absolute Gasteiger partial charge is 0.202 e. The second-order valence-electron chi connectivity index (χ2n) is 5.49. The molecule has 0 radical (unpaired) electrons. The fraction of sp³-hybridized carbons (Fsp3) is 0.222. The van der Waals surface area contributed by atoms with Crippen molar-refractivity contribution in [3.63, 3.8) is 0 Å². The van der Waals surface area contributed by atoms with E-state index in [-0.39, 0.29) is 0 Å². The predicted octanol–water partition coefficient (Wildman–Crippen LogP) is 4.60. The molecule has 0 N–H and O–H groups in total. The van der Waals surface area contributed by atoms with Crippen LogP contribution in [0.5, 0.6) is 0 Å². The van der Waals surface area contributed by atoms with E-state index in [0.29, 0.717) is 10.2 Å². The van der Waals surface area contributed by atoms with Crippen molar-refractivity contribution in [2.45, 2.75) is 4.90 Å². The number of aliphatic imine (C=N–C) groups is 2. The van der Waals surface area contributed by atoms with Crippen molar-refractivity contribution in [1.29, 1.82) is 0 Å². The van der Waals surface area contributed by atoms with Crippen molar-refractivity contribution in [3.8, 4) is 0 Å². The number of halogens is 1. The molecule has 4 nitrogen and oxygen atoms in total. The van der Waals surface area contributed by atoms with Crippen LogP contribution in [-0.2, 0) is 0 Å². The van der Waals surface area contributed by atoms with Gasteiger partial charge in [0.2, 0.25) is 5.96 Å². The Morgan fingerprint density at radius 1 is 0.875 bits per heavy atom. The summed E-state index contributed by atoms with van der Waals surface area (Å²) in [6.45, 7) is 0. The molecule has 0 saturated heterocycles. The van der Waals surface area contributed by atoms with Gasteiger partial charge in [-0.2, -0.15) is 4.99 Å². The summed E-state index contributed by atoms with van der Waals surface area (Å²) in [7, 11) is 7.86. The van der Waals surface area contributed by atoms with E-state index >= 15 is 0 Å². The lowest BCUT2D eigenvalue weighted by atomic mass is 10.3. The molecule has 0 fully saturated rings. The predicted molar refractivity (Wildman–Crippen MR) is 106 cm³/mol. The molecule has 0 aliphatic heterocycles. The van der Waals surface area contributed by atoms with Crippen molar-refractivity contribution in [2.75, 3.05) is 28.2 Å². The Morgan fingerprint density at radius 3 is 2.00 bits per heavy atom. The molecule has 24 heavy (non-hydrogen) atoms. The van der Waals surface area contributed by atoms with Crippen LogP contribution in [0.25, 0.3) is 0 Å². The molecule has 0 aliphatic carbocycles. The van der Waals surface area contributed by atoms with Crippen molar-refractivity contribution < 1.29 is 0 Å². The average Bonchev–Trinajstić information content (AvgIpc) is 2.55. The number of rotatable bonds is 2. The molecule has 0 unspecified atom stereocenters. The van der Waals surface area contributed by atoms with Gasteiger partial charge < -0.3 is 9.80 Å². The summed E-state index contributed by atoms with van der Waals surface area (Å²) in [5, 5.41) is 1.38. The molecule has 6 heteroatoms. The first kappa shape index (κ1) is 18.4. The molecule has 2 aromatic carbocycles. The van der Waals surface area contributed by atoms with Crippen LogP contribution in [-0.4, -0.2) is 49.1 Å². The number of amidine groups is 1. The Balaban J connectivity index is 2.39. The van der Waals surface area contributed by atoms with E-state index in [2.05, 4.69) is 4.99 Å². The van der Waals surface area contributed by atoms with Crippen LogP contribution in [0.15, 0.2) is 69.5 Å². The van der Waals surface area contributed by atoms with Gasteiger partial charge in [-0.1, -0.05) is 29.8 Å². The molecule has 2 rings (SSSR count). The maximum Gasteiger partial charge on any atom is 0.202 e. The van der Waals surface area contributed by atoms with Crippen LogP contribution in [0.3, 0.4) is 0 Å². The van der Waals surface area contributed by atoms with E-state index in [4.69, 9.17) is 16.6 Å². The molecule has 0 aliphatic rings. The normalized spacial score (nSPS) is 11.1. The molecule has 2 aromatic rings. The lowest BCUT2D eigenvalue weighted by molar-refractivity contribution is 0.485. The number of para-hydroxylation sites is 1. The maximum atomic E-state index is 5.97. The summed E-state index contributed by atoms with van der Waals surface area (Å²) in [4.78, 5) is 14.4. The first-order valence-electron chi connectivity index (χ1n) is 7.46. The number of benzene rings is 2. The van der Waals surface area contributed by atoms with E-state index in [9.17, 15) is 0 Å². The minimum atomic E-state index is 0.668. The minimum Gasteiger partial charge on any atom is -0.349 e. The van der Waals surface area contributed by atoms with Crippen molar-refractivity contribution in [2.24, 2.45) is 9.98 Å². The number of nitrogens with zero attached hydrogens (tertiary/aromatic N) is 4. The summed E-state index contributed by atoms with van der Waals surface area (Å²) in [6, 6.07) is 17.5. The molecule has 126 valence electrons. The Labute approximate surface area is 152 Å². The lowest BCUT2D eigenvalue weighted by Crippen LogP contribution is -2.35. The van der Waals surface area contributed by atoms with Crippen LogP contribution < -0.4 is 0 Å². The van der Waals surface area contributed by atoms with Gasteiger partial charge in [-0.05, 0) is 48.2 Å². The zero-order valence-electron chi connectivity index (χ0n) is 14.3. The summed E-state index contributed by atoms with van der Waals surface area (Å²) in [5.74, 6) is 0.825. The maximum absolute atomic E-state index is 5.97. The zero-order valence-corrected chi connectivity index (χ0v) is 15.8. The van der Waals surface area contributed by atoms with Gasteiger partial charge in [-0.3, -0.25) is 0 Å². The van der Waals surface area contributed by atoms with Gasteiger partial charge in [-0.15, -0.1) is 0 Å². The molecular formula is C18H21ClN4S. The molecule has 0 amide bonds. The van der Waals surface area contributed by atoms with Gasteiger partial charge >= 0.3 is 0 Å². The van der Waals surface area contributed by atoms with Crippen LogP contribution in [0, 0.1) is 0 Å². The quantitative estimate of drug-likeness (QED) is 0.445. The fourth-order valence-electron chi connectivity index (χ4n) is 1.98. The van der Waals surface area contributed by atoms with Gasteiger partial charge in [0.15, 0.2) is 5.17 Å². The van der Waals surface area contributed by atoms with Crippen molar-refractivity contribution in [1.82, 2.24) is 9.80 Å². The highest BCUT2D eigenvalue weighted by atomic mass is 35.5. The highest BCUT2D eigenvalue weighted by Gasteiger charge is 2.09. The monoisotopic (exact) mass is 360 g/mol. The molecule has 0 aromatic heterocycles. The molecule has 0 atom stereocenters. The van der Waals surface area contributed by atoms with E-state index in [1.165, 1.54) is 11.8 Å². The first-order valence-corrected chi connectivity index (χ1v) is 8.65. The Morgan fingerprint density at radius 2 is 1.46 bits per heavy atom. The first-order chi connectivity index (χ1) is 11.5. The Hall–Kier alpha value is -1.98. The number of hydrogen-bond donors (Lipinski definition) is 0. The van der Waals surface area contributed by atoms with Gasteiger partial charge in [-0.25, -0.2) is 4.99 Å². The SMILES string of the molecule is CN(C)C(=NC(=Nc1ccccc1)Sc1ccc(Cl)cc1)N(C)C. The van der Waals surface area contributed by atoms with Crippen LogP contribution in [0.4, 0.5) is 5.69 Å². The summed E-state index contributed by atoms with van der Waals surface area (Å²) in [5.41, 5.74) is 0.870. The van der Waals surface area contributed by atoms with E-state index in [1.807, 2.05) is 92.6 Å². The highest BCUT2D eigenvalue weighted by Crippen LogP contribution is 2.25. The third kappa shape index (κ3) is 5.58. The molecular weight excluding hydrogens is 340 g/mol. The zero-order chi connectivity index (χ0) is 17.5. The summed E-state index contributed by atoms with van der Waals surface area (Å²) < 4.78 is 0. The summed E-state index contributed by atoms with van der Waals surface area (Å²) in [6.07, 6.45) is 0. The van der Waals surface area contributed by atoms with Gasteiger partial charge in [0.1, 0.15) is 0 Å².